The van der Waals surface area contributed by atoms with Gasteiger partial charge in [0.1, 0.15) is 11.3 Å². The van der Waals surface area contributed by atoms with Crippen molar-refractivity contribution in [3.63, 3.8) is 0 Å². The van der Waals surface area contributed by atoms with E-state index in [1.807, 2.05) is 12.2 Å². The molecule has 136 valence electrons. The van der Waals surface area contributed by atoms with Crippen LogP contribution in [-0.4, -0.2) is 34.2 Å². The molecule has 7 heteroatoms. The van der Waals surface area contributed by atoms with Crippen LogP contribution >= 0.6 is 0 Å². The summed E-state index contributed by atoms with van der Waals surface area (Å²) in [4.78, 5) is 46.7. The summed E-state index contributed by atoms with van der Waals surface area (Å²) in [7, 11) is 0. The number of carbonyl (C=O) groups excluding carboxylic acids is 3. The second-order valence-electron chi connectivity index (χ2n) is 7.07. The molecule has 2 fully saturated rings. The lowest BCUT2D eigenvalue weighted by Gasteiger charge is -2.36. The molecule has 0 aromatic heterocycles. The van der Waals surface area contributed by atoms with Crippen LogP contribution in [0.1, 0.15) is 65.2 Å². The number of carbonyl (C=O) groups is 3. The highest BCUT2D eigenvalue weighted by Crippen LogP contribution is 2.52. The van der Waals surface area contributed by atoms with E-state index in [0.717, 1.165) is 32.1 Å². The van der Waals surface area contributed by atoms with Crippen molar-refractivity contribution in [3.8, 4) is 0 Å². The third kappa shape index (κ3) is 2.85. The van der Waals surface area contributed by atoms with Crippen LogP contribution in [0.25, 0.3) is 0 Å². The van der Waals surface area contributed by atoms with Gasteiger partial charge in [0.15, 0.2) is 0 Å². The van der Waals surface area contributed by atoms with E-state index in [1.54, 1.807) is 0 Å². The summed E-state index contributed by atoms with van der Waals surface area (Å²) >= 11 is 0. The summed E-state index contributed by atoms with van der Waals surface area (Å²) in [5.41, 5.74) is -1.30. The lowest BCUT2D eigenvalue weighted by Crippen LogP contribution is -2.50. The Balaban J connectivity index is 2.15. The molecule has 0 bridgehead atoms. The van der Waals surface area contributed by atoms with Crippen LogP contribution < -0.4 is 0 Å². The maximum Gasteiger partial charge on any atom is 0.331 e. The number of hydrogen-bond donors (Lipinski definition) is 0. The third-order valence-electron chi connectivity index (χ3n) is 5.33. The SMILES string of the molecule is CC(=O)ON=C1C2(CCCCC2)C(=O)N(OC(C)=O)C12C=CCCC2. The number of rotatable bonds is 2. The van der Waals surface area contributed by atoms with Gasteiger partial charge in [0.05, 0.1) is 5.41 Å². The number of hydrogen-bond acceptors (Lipinski definition) is 6. The van der Waals surface area contributed by atoms with Gasteiger partial charge in [0, 0.05) is 13.8 Å². The number of nitrogens with zero attached hydrogens (tertiary/aromatic N) is 2. The Bertz CT molecular complexity index is 648. The predicted molar refractivity (Wildman–Crippen MR) is 89.1 cm³/mol. The van der Waals surface area contributed by atoms with Crippen molar-refractivity contribution >= 4 is 23.6 Å². The molecule has 1 amide bonds. The van der Waals surface area contributed by atoms with E-state index in [0.29, 0.717) is 25.0 Å². The van der Waals surface area contributed by atoms with Gasteiger partial charge in [-0.05, 0) is 32.1 Å². The molecule has 1 aliphatic heterocycles. The van der Waals surface area contributed by atoms with E-state index in [2.05, 4.69) is 5.16 Å². The molecule has 1 heterocycles. The highest BCUT2D eigenvalue weighted by Gasteiger charge is 2.66. The third-order valence-corrected chi connectivity index (χ3v) is 5.33. The lowest BCUT2D eigenvalue weighted by atomic mass is 9.67. The Morgan fingerprint density at radius 1 is 1.08 bits per heavy atom. The van der Waals surface area contributed by atoms with Gasteiger partial charge in [-0.3, -0.25) is 9.59 Å². The molecule has 0 aromatic carbocycles. The van der Waals surface area contributed by atoms with Crippen LogP contribution in [0.4, 0.5) is 0 Å². The fraction of sp³-hybridized carbons (Fsp3) is 0.667. The van der Waals surface area contributed by atoms with Gasteiger partial charge in [-0.15, -0.1) is 0 Å². The first-order valence-electron chi connectivity index (χ1n) is 8.90. The first-order valence-corrected chi connectivity index (χ1v) is 8.90. The number of oxime groups is 1. The van der Waals surface area contributed by atoms with Crippen molar-refractivity contribution in [1.82, 2.24) is 5.06 Å². The minimum absolute atomic E-state index is 0.250. The fourth-order valence-corrected chi connectivity index (χ4v) is 4.34. The van der Waals surface area contributed by atoms with Crippen molar-refractivity contribution in [3.05, 3.63) is 12.2 Å². The monoisotopic (exact) mass is 348 g/mol. The lowest BCUT2D eigenvalue weighted by molar-refractivity contribution is -0.207. The van der Waals surface area contributed by atoms with Crippen LogP contribution in [0.3, 0.4) is 0 Å². The Morgan fingerprint density at radius 2 is 1.80 bits per heavy atom. The zero-order chi connectivity index (χ0) is 18.1. The smallest absolute Gasteiger partial charge is 0.331 e. The highest BCUT2D eigenvalue weighted by atomic mass is 16.7. The van der Waals surface area contributed by atoms with Crippen LogP contribution in [0, 0.1) is 5.41 Å². The zero-order valence-corrected chi connectivity index (χ0v) is 14.7. The van der Waals surface area contributed by atoms with E-state index in [4.69, 9.17) is 9.68 Å². The van der Waals surface area contributed by atoms with Gasteiger partial charge in [-0.25, -0.2) is 4.79 Å². The Kier molecular flexibility index (Phi) is 4.67. The van der Waals surface area contributed by atoms with Crippen molar-refractivity contribution in [2.45, 2.75) is 70.8 Å². The molecular formula is C18H24N2O5. The van der Waals surface area contributed by atoms with Crippen LogP contribution in [0.5, 0.6) is 0 Å². The first-order chi connectivity index (χ1) is 11.9. The predicted octanol–water partition coefficient (Wildman–Crippen LogP) is 2.66. The van der Waals surface area contributed by atoms with Gasteiger partial charge in [0.2, 0.25) is 0 Å². The first kappa shape index (κ1) is 17.6. The molecular weight excluding hydrogens is 324 g/mol. The fourth-order valence-electron chi connectivity index (χ4n) is 4.34. The van der Waals surface area contributed by atoms with Crippen LogP contribution in [-0.2, 0) is 24.1 Å². The Hall–Kier alpha value is -2.18. The molecule has 1 unspecified atom stereocenters. The zero-order valence-electron chi connectivity index (χ0n) is 14.7. The van der Waals surface area contributed by atoms with Crippen molar-refractivity contribution in [2.75, 3.05) is 0 Å². The quantitative estimate of drug-likeness (QED) is 0.435. The molecule has 0 radical (unpaired) electrons. The van der Waals surface area contributed by atoms with Crippen LogP contribution in [0.2, 0.25) is 0 Å². The molecule has 25 heavy (non-hydrogen) atoms. The summed E-state index contributed by atoms with van der Waals surface area (Å²) in [6.45, 7) is 2.56. The van der Waals surface area contributed by atoms with E-state index in [1.165, 1.54) is 18.9 Å². The Labute approximate surface area is 147 Å². The summed E-state index contributed by atoms with van der Waals surface area (Å²) in [5, 5.41) is 5.34. The number of hydroxylamine groups is 2. The van der Waals surface area contributed by atoms with Gasteiger partial charge in [-0.1, -0.05) is 36.6 Å². The van der Waals surface area contributed by atoms with Gasteiger partial charge < -0.3 is 9.68 Å². The van der Waals surface area contributed by atoms with Crippen molar-refractivity contribution in [1.29, 1.82) is 0 Å². The molecule has 7 nitrogen and oxygen atoms in total. The normalized spacial score (nSPS) is 29.4. The summed E-state index contributed by atoms with van der Waals surface area (Å²) in [5.74, 6) is -1.34. The van der Waals surface area contributed by atoms with E-state index in [9.17, 15) is 14.4 Å². The molecule has 3 aliphatic rings. The highest BCUT2D eigenvalue weighted by molar-refractivity contribution is 6.20. The van der Waals surface area contributed by atoms with E-state index in [-0.39, 0.29) is 5.91 Å². The van der Waals surface area contributed by atoms with E-state index >= 15 is 0 Å². The average Bonchev–Trinajstić information content (AvgIpc) is 2.74. The maximum atomic E-state index is 13.3. The second-order valence-corrected chi connectivity index (χ2v) is 7.07. The van der Waals surface area contributed by atoms with Gasteiger partial charge in [-0.2, -0.15) is 5.06 Å². The molecule has 0 N–H and O–H groups in total. The molecule has 1 saturated heterocycles. The molecule has 2 aliphatic carbocycles. The Morgan fingerprint density at radius 3 is 2.36 bits per heavy atom. The molecule has 0 aromatic rings. The van der Waals surface area contributed by atoms with Crippen LogP contribution in [0.15, 0.2) is 17.3 Å². The summed E-state index contributed by atoms with van der Waals surface area (Å²) in [6.07, 6.45) is 10.2. The number of allylic oxidation sites excluding steroid dienone is 1. The molecule has 1 saturated carbocycles. The summed E-state index contributed by atoms with van der Waals surface area (Å²) in [6, 6.07) is 0. The van der Waals surface area contributed by atoms with Crippen molar-refractivity contribution < 1.29 is 24.1 Å². The van der Waals surface area contributed by atoms with Gasteiger partial charge >= 0.3 is 11.9 Å². The molecule has 3 rings (SSSR count). The second kappa shape index (κ2) is 6.61. The average molecular weight is 348 g/mol. The molecule has 1 atom stereocenters. The number of amides is 1. The minimum atomic E-state index is -0.951. The standard InChI is InChI=1S/C18H24N2O5/c1-13(21)24-19-15-17(9-5-3-6-10-17)16(23)20(25-14(2)22)18(15)11-7-4-8-12-18/h7,11H,3-6,8-10,12H2,1-2H3. The van der Waals surface area contributed by atoms with E-state index < -0.39 is 22.9 Å². The maximum absolute atomic E-state index is 13.3. The minimum Gasteiger partial charge on any atom is -0.337 e. The topological polar surface area (TPSA) is 85.3 Å². The molecule has 2 spiro atoms. The largest absolute Gasteiger partial charge is 0.337 e. The van der Waals surface area contributed by atoms with Gasteiger partial charge in [0.25, 0.3) is 5.91 Å². The van der Waals surface area contributed by atoms with Crippen molar-refractivity contribution in [2.24, 2.45) is 10.6 Å². The summed E-state index contributed by atoms with van der Waals surface area (Å²) < 4.78 is 0.